The van der Waals surface area contributed by atoms with E-state index in [-0.39, 0.29) is 41.8 Å². The Kier molecular flexibility index (Phi) is 18.4. The Morgan fingerprint density at radius 1 is 0.904 bits per heavy atom. The highest BCUT2D eigenvalue weighted by molar-refractivity contribution is 6.77. The first kappa shape index (κ1) is 49.3. The van der Waals surface area contributed by atoms with E-state index >= 15 is 0 Å². The lowest BCUT2D eigenvalue weighted by Gasteiger charge is -2.49. The Balaban J connectivity index is 3.30. The van der Waals surface area contributed by atoms with Gasteiger partial charge >= 0.3 is 0 Å². The van der Waals surface area contributed by atoms with Gasteiger partial charge in [0.2, 0.25) is 11.6 Å². The van der Waals surface area contributed by atoms with Crippen molar-refractivity contribution in [3.8, 4) is 0 Å². The maximum absolute atomic E-state index is 14.2. The summed E-state index contributed by atoms with van der Waals surface area (Å²) in [7, 11) is 2.15. The summed E-state index contributed by atoms with van der Waals surface area (Å²) < 4.78 is 49.8. The Morgan fingerprint density at radius 3 is 1.83 bits per heavy atom. The predicted molar refractivity (Wildman–Crippen MR) is 218 cm³/mol. The van der Waals surface area contributed by atoms with E-state index < -0.39 is 40.1 Å². The highest BCUT2D eigenvalue weighted by Crippen LogP contribution is 2.44. The van der Waals surface area contributed by atoms with E-state index in [1.807, 2.05) is 13.0 Å². The molecule has 52 heavy (non-hydrogen) atoms. The number of methoxy groups -OCH3 is 4. The molecule has 0 spiro atoms. The lowest BCUT2D eigenvalue weighted by atomic mass is 9.86. The van der Waals surface area contributed by atoms with Crippen molar-refractivity contribution in [1.29, 1.82) is 0 Å². The summed E-state index contributed by atoms with van der Waals surface area (Å²) in [5.74, 6) is -3.42. The van der Waals surface area contributed by atoms with Crippen molar-refractivity contribution in [1.82, 2.24) is 0 Å². The minimum absolute atomic E-state index is 0.0333. The zero-order chi connectivity index (χ0) is 40.7. The van der Waals surface area contributed by atoms with Crippen LogP contribution in [0, 0.1) is 11.8 Å². The normalized spacial score (nSPS) is 24.4. The first-order chi connectivity index (χ1) is 23.7. The molecule has 0 aromatic carbocycles. The molecule has 1 fully saturated rings. The summed E-state index contributed by atoms with van der Waals surface area (Å²) >= 11 is 0. The summed E-state index contributed by atoms with van der Waals surface area (Å²) in [6.45, 7) is 39.8. The molecule has 1 aliphatic heterocycles. The molecule has 0 N–H and O–H groups in total. The molecule has 0 aromatic rings. The standard InChI is InChI=1S/C41H80O9Si2/c1-28(2)52(29(3)4,30(5)6)48-23-22-41(45-18,46-19)26-33(9)35(42)25-36(50-51(20,21)38(11,12)13)34(10)31(7)24-32(8)37-27-47-39(14,43-16)40(15,44-17)49-37/h24,28-30,33-34,36-37H,8,22-23,25-27H2,1-7,9-21H3/b31-24+/t33-,34+,36-,37-,39+,40+/m0/s1. The summed E-state index contributed by atoms with van der Waals surface area (Å²) in [5, 5.41) is -0.0333. The van der Waals surface area contributed by atoms with Gasteiger partial charge < -0.3 is 37.3 Å². The molecule has 306 valence electrons. The van der Waals surface area contributed by atoms with Crippen molar-refractivity contribution in [2.24, 2.45) is 11.8 Å². The molecule has 11 heteroatoms. The number of rotatable bonds is 22. The van der Waals surface area contributed by atoms with Gasteiger partial charge in [-0.3, -0.25) is 4.79 Å². The number of carbonyl (C=O) groups excluding carboxylic acids is 1. The van der Waals surface area contributed by atoms with Crippen LogP contribution in [0.15, 0.2) is 23.8 Å². The Bertz CT molecular complexity index is 1150. The van der Waals surface area contributed by atoms with Gasteiger partial charge in [-0.2, -0.15) is 0 Å². The smallest absolute Gasteiger partial charge is 0.220 e. The molecule has 6 atom stereocenters. The van der Waals surface area contributed by atoms with Crippen LogP contribution in [0.3, 0.4) is 0 Å². The second kappa shape index (κ2) is 19.4. The quantitative estimate of drug-likeness (QED) is 0.0606. The van der Waals surface area contributed by atoms with Crippen LogP contribution in [0.2, 0.25) is 34.8 Å². The third-order valence-electron chi connectivity index (χ3n) is 12.7. The van der Waals surface area contributed by atoms with E-state index in [2.05, 4.69) is 95.8 Å². The first-order valence-corrected chi connectivity index (χ1v) is 24.5. The molecule has 1 rings (SSSR count). The SMILES string of the molecule is C=C(/C=C(\C)[C@@H](C)[C@H](CC(=O)[C@@H](C)CC(CCO[Si](C(C)C)(C(C)C)C(C)C)(OC)OC)O[Si](C)(C)C(C)(C)C)[C@@H]1CO[C@@](C)(OC)[C@](C)(OC)O1. The van der Waals surface area contributed by atoms with Crippen LogP contribution in [0.5, 0.6) is 0 Å². The number of hydrogen-bond acceptors (Lipinski definition) is 9. The van der Waals surface area contributed by atoms with Gasteiger partial charge in [0.1, 0.15) is 11.9 Å². The maximum Gasteiger partial charge on any atom is 0.220 e. The molecule has 0 radical (unpaired) electrons. The minimum Gasteiger partial charge on any atom is -0.416 e. The molecule has 9 nitrogen and oxygen atoms in total. The Hall–Kier alpha value is -0.736. The number of ether oxygens (including phenoxy) is 6. The maximum atomic E-state index is 14.2. The molecule has 0 aromatic heterocycles. The monoisotopic (exact) mass is 773 g/mol. The van der Waals surface area contributed by atoms with Crippen LogP contribution in [-0.4, -0.2) is 93.6 Å². The second-order valence-corrected chi connectivity index (χ2v) is 28.1. The number of ketones is 1. The van der Waals surface area contributed by atoms with Gasteiger partial charge in [0, 0.05) is 66.1 Å². The zero-order valence-electron chi connectivity index (χ0n) is 37.0. The van der Waals surface area contributed by atoms with E-state index in [9.17, 15) is 4.79 Å². The number of hydrogen-bond donors (Lipinski definition) is 0. The summed E-state index contributed by atoms with van der Waals surface area (Å²) in [5.41, 5.74) is 3.22. The van der Waals surface area contributed by atoms with Crippen molar-refractivity contribution in [2.75, 3.05) is 41.7 Å². The van der Waals surface area contributed by atoms with E-state index in [1.54, 1.807) is 42.3 Å². The Morgan fingerprint density at radius 2 is 1.40 bits per heavy atom. The van der Waals surface area contributed by atoms with Crippen LogP contribution in [-0.2, 0) is 42.1 Å². The van der Waals surface area contributed by atoms with Gasteiger partial charge in [0.15, 0.2) is 22.4 Å². The van der Waals surface area contributed by atoms with Gasteiger partial charge in [0.05, 0.1) is 12.7 Å². The first-order valence-electron chi connectivity index (χ1n) is 19.4. The number of Topliss-reactive ketones (excluding diaryl/α,β-unsaturated/α-hetero) is 1. The second-order valence-electron chi connectivity index (χ2n) is 17.9. The van der Waals surface area contributed by atoms with E-state index in [0.717, 1.165) is 11.1 Å². The Labute approximate surface area is 321 Å². The van der Waals surface area contributed by atoms with Crippen molar-refractivity contribution in [3.05, 3.63) is 23.8 Å². The molecule has 1 saturated heterocycles. The third-order valence-corrected chi connectivity index (χ3v) is 23.3. The average molecular weight is 773 g/mol. The van der Waals surface area contributed by atoms with Gasteiger partial charge in [0.25, 0.3) is 0 Å². The third kappa shape index (κ3) is 11.4. The van der Waals surface area contributed by atoms with Crippen LogP contribution in [0.1, 0.15) is 116 Å². The fraction of sp³-hybridized carbons (Fsp3) is 0.878. The van der Waals surface area contributed by atoms with Gasteiger partial charge in [-0.15, -0.1) is 0 Å². The average Bonchev–Trinajstić information content (AvgIpc) is 3.05. The van der Waals surface area contributed by atoms with Crippen LogP contribution < -0.4 is 0 Å². The molecule has 1 aliphatic rings. The number of carbonyl (C=O) groups is 1. The molecular formula is C41H80O9Si2. The van der Waals surface area contributed by atoms with E-state index in [4.69, 9.17) is 37.3 Å². The lowest BCUT2D eigenvalue weighted by molar-refractivity contribution is -0.426. The van der Waals surface area contributed by atoms with E-state index in [0.29, 0.717) is 36.1 Å². The molecule has 0 saturated carbocycles. The van der Waals surface area contributed by atoms with Crippen molar-refractivity contribution >= 4 is 22.4 Å². The molecule has 0 aliphatic carbocycles. The van der Waals surface area contributed by atoms with E-state index in [1.165, 1.54) is 0 Å². The predicted octanol–water partition coefficient (Wildman–Crippen LogP) is 10.2. The van der Waals surface area contributed by atoms with Gasteiger partial charge in [-0.25, -0.2) is 0 Å². The van der Waals surface area contributed by atoms with Gasteiger partial charge in [-0.1, -0.05) is 94.4 Å². The molecule has 0 unspecified atom stereocenters. The minimum atomic E-state index is -2.26. The zero-order valence-corrected chi connectivity index (χ0v) is 39.0. The summed E-state index contributed by atoms with van der Waals surface area (Å²) in [6.07, 6.45) is 2.50. The van der Waals surface area contributed by atoms with Crippen molar-refractivity contribution in [2.45, 2.75) is 181 Å². The van der Waals surface area contributed by atoms with Crippen LogP contribution >= 0.6 is 0 Å². The van der Waals surface area contributed by atoms with Crippen LogP contribution in [0.25, 0.3) is 0 Å². The fourth-order valence-corrected chi connectivity index (χ4v) is 14.4. The molecule has 0 bridgehead atoms. The van der Waals surface area contributed by atoms with Crippen LogP contribution in [0.4, 0.5) is 0 Å². The van der Waals surface area contributed by atoms with Crippen molar-refractivity contribution in [3.63, 3.8) is 0 Å². The lowest BCUT2D eigenvalue weighted by Crippen LogP contribution is -2.62. The summed E-state index contributed by atoms with van der Waals surface area (Å²) in [6, 6.07) is 0. The molecule has 0 amide bonds. The van der Waals surface area contributed by atoms with Crippen molar-refractivity contribution < 1.29 is 42.1 Å². The van der Waals surface area contributed by atoms with Gasteiger partial charge in [-0.05, 0) is 61.1 Å². The topological polar surface area (TPSA) is 90.9 Å². The molecule has 1 heterocycles. The largest absolute Gasteiger partial charge is 0.416 e. The highest BCUT2D eigenvalue weighted by atomic mass is 28.4. The fourth-order valence-electron chi connectivity index (χ4n) is 7.54. The molecular weight excluding hydrogens is 693 g/mol. The highest BCUT2D eigenvalue weighted by Gasteiger charge is 2.54. The summed E-state index contributed by atoms with van der Waals surface area (Å²) in [4.78, 5) is 14.2.